The van der Waals surface area contributed by atoms with Gasteiger partial charge in [-0.1, -0.05) is 0 Å². The average molecular weight is 221 g/mol. The van der Waals surface area contributed by atoms with Crippen LogP contribution >= 0.6 is 0 Å². The van der Waals surface area contributed by atoms with Gasteiger partial charge in [-0.3, -0.25) is 4.99 Å². The number of nitrogens with zero attached hydrogens (tertiary/aromatic N) is 1. The number of ether oxygens (including phenoxy) is 1. The van der Waals surface area contributed by atoms with Crippen LogP contribution < -0.4 is 15.8 Å². The van der Waals surface area contributed by atoms with Crippen molar-refractivity contribution in [2.45, 2.75) is 26.9 Å². The van der Waals surface area contributed by atoms with Gasteiger partial charge in [-0.25, -0.2) is 0 Å². The number of rotatable bonds is 3. The van der Waals surface area contributed by atoms with Gasteiger partial charge in [-0.2, -0.15) is 0 Å². The summed E-state index contributed by atoms with van der Waals surface area (Å²) in [6, 6.07) is 5.83. The summed E-state index contributed by atoms with van der Waals surface area (Å²) in [5.74, 6) is 1.30. The van der Waals surface area contributed by atoms with Crippen LogP contribution in [0.1, 0.15) is 19.4 Å². The number of nitrogens with one attached hydrogen (secondary N) is 1. The van der Waals surface area contributed by atoms with Gasteiger partial charge < -0.3 is 15.8 Å². The van der Waals surface area contributed by atoms with Crippen molar-refractivity contribution in [1.82, 2.24) is 0 Å². The fourth-order valence-corrected chi connectivity index (χ4v) is 1.32. The molecule has 0 saturated heterocycles. The third-order valence-corrected chi connectivity index (χ3v) is 2.05. The number of hydrogen-bond acceptors (Lipinski definition) is 2. The number of aryl methyl sites for hydroxylation is 1. The van der Waals surface area contributed by atoms with E-state index in [2.05, 4.69) is 10.3 Å². The van der Waals surface area contributed by atoms with E-state index in [1.54, 1.807) is 7.05 Å². The Labute approximate surface area is 96.5 Å². The summed E-state index contributed by atoms with van der Waals surface area (Å²) in [6.45, 7) is 6.02. The summed E-state index contributed by atoms with van der Waals surface area (Å²) in [7, 11) is 1.64. The molecule has 0 heterocycles. The van der Waals surface area contributed by atoms with Crippen molar-refractivity contribution < 1.29 is 4.74 Å². The summed E-state index contributed by atoms with van der Waals surface area (Å²) in [5, 5.41) is 2.99. The minimum Gasteiger partial charge on any atom is -0.491 e. The maximum Gasteiger partial charge on any atom is 0.192 e. The molecule has 1 aromatic carbocycles. The number of nitrogens with two attached hydrogens (primary N) is 1. The third kappa shape index (κ3) is 3.46. The molecule has 0 spiro atoms. The lowest BCUT2D eigenvalue weighted by atomic mass is 10.2. The Morgan fingerprint density at radius 1 is 1.44 bits per heavy atom. The van der Waals surface area contributed by atoms with Gasteiger partial charge in [0.1, 0.15) is 5.75 Å². The second-order valence-electron chi connectivity index (χ2n) is 3.88. The van der Waals surface area contributed by atoms with E-state index in [-0.39, 0.29) is 6.10 Å². The zero-order valence-corrected chi connectivity index (χ0v) is 10.2. The van der Waals surface area contributed by atoms with Gasteiger partial charge in [0.25, 0.3) is 0 Å². The maximum atomic E-state index is 5.64. The lowest BCUT2D eigenvalue weighted by Crippen LogP contribution is -2.22. The van der Waals surface area contributed by atoms with Crippen LogP contribution in [0, 0.1) is 6.92 Å². The highest BCUT2D eigenvalue weighted by atomic mass is 16.5. The molecule has 0 radical (unpaired) electrons. The van der Waals surface area contributed by atoms with Gasteiger partial charge in [0.2, 0.25) is 0 Å². The van der Waals surface area contributed by atoms with Gasteiger partial charge >= 0.3 is 0 Å². The predicted molar refractivity (Wildman–Crippen MR) is 68.1 cm³/mol. The summed E-state index contributed by atoms with van der Waals surface area (Å²) in [4.78, 5) is 3.84. The first-order valence-electron chi connectivity index (χ1n) is 5.29. The molecule has 0 aromatic heterocycles. The van der Waals surface area contributed by atoms with Crippen molar-refractivity contribution in [3.8, 4) is 5.75 Å². The van der Waals surface area contributed by atoms with Gasteiger partial charge in [0.15, 0.2) is 5.96 Å². The minimum atomic E-state index is 0.180. The molecule has 0 aliphatic carbocycles. The number of anilines is 1. The van der Waals surface area contributed by atoms with Crippen LogP contribution in [-0.4, -0.2) is 19.1 Å². The summed E-state index contributed by atoms with van der Waals surface area (Å²) >= 11 is 0. The van der Waals surface area contributed by atoms with E-state index < -0.39 is 0 Å². The number of benzene rings is 1. The molecule has 0 saturated carbocycles. The highest BCUT2D eigenvalue weighted by Crippen LogP contribution is 2.22. The topological polar surface area (TPSA) is 59.6 Å². The first-order chi connectivity index (χ1) is 7.52. The van der Waals surface area contributed by atoms with Crippen LogP contribution in [0.4, 0.5) is 5.69 Å². The standard InChI is InChI=1S/C12H19N3O/c1-8(2)16-11-6-5-10(7-9(11)3)15-12(13)14-4/h5-8H,1-4H3,(H3,13,14,15). The maximum absolute atomic E-state index is 5.64. The molecule has 4 heteroatoms. The van der Waals surface area contributed by atoms with Crippen LogP contribution in [0.2, 0.25) is 0 Å². The Morgan fingerprint density at radius 3 is 2.62 bits per heavy atom. The fraction of sp³-hybridized carbons (Fsp3) is 0.417. The average Bonchev–Trinajstić information content (AvgIpc) is 2.21. The number of aliphatic imine (C=N–C) groups is 1. The van der Waals surface area contributed by atoms with Crippen LogP contribution in [0.3, 0.4) is 0 Å². The van der Waals surface area contributed by atoms with Crippen molar-refractivity contribution in [3.63, 3.8) is 0 Å². The smallest absolute Gasteiger partial charge is 0.192 e. The van der Waals surface area contributed by atoms with E-state index in [9.17, 15) is 0 Å². The molecular weight excluding hydrogens is 202 g/mol. The first-order valence-corrected chi connectivity index (χ1v) is 5.29. The second kappa shape index (κ2) is 5.39. The predicted octanol–water partition coefficient (Wildman–Crippen LogP) is 2.14. The van der Waals surface area contributed by atoms with E-state index in [4.69, 9.17) is 10.5 Å². The van der Waals surface area contributed by atoms with Crippen molar-refractivity contribution in [2.75, 3.05) is 12.4 Å². The Morgan fingerprint density at radius 2 is 2.12 bits per heavy atom. The van der Waals surface area contributed by atoms with Crippen LogP contribution in [0.25, 0.3) is 0 Å². The monoisotopic (exact) mass is 221 g/mol. The van der Waals surface area contributed by atoms with Crippen LogP contribution in [0.15, 0.2) is 23.2 Å². The zero-order chi connectivity index (χ0) is 12.1. The minimum absolute atomic E-state index is 0.180. The molecule has 0 amide bonds. The highest BCUT2D eigenvalue weighted by Gasteiger charge is 2.03. The molecule has 88 valence electrons. The molecule has 0 aliphatic heterocycles. The van der Waals surface area contributed by atoms with Crippen LogP contribution in [0.5, 0.6) is 5.75 Å². The van der Waals surface area contributed by atoms with Crippen molar-refractivity contribution in [2.24, 2.45) is 10.7 Å². The van der Waals surface area contributed by atoms with Crippen molar-refractivity contribution in [3.05, 3.63) is 23.8 Å². The van der Waals surface area contributed by atoms with Crippen molar-refractivity contribution in [1.29, 1.82) is 0 Å². The second-order valence-corrected chi connectivity index (χ2v) is 3.88. The van der Waals surface area contributed by atoms with E-state index in [1.165, 1.54) is 0 Å². The van der Waals surface area contributed by atoms with E-state index in [1.807, 2.05) is 39.0 Å². The normalized spacial score (nSPS) is 11.7. The molecule has 16 heavy (non-hydrogen) atoms. The molecule has 0 bridgehead atoms. The summed E-state index contributed by atoms with van der Waals surface area (Å²) in [6.07, 6.45) is 0.180. The molecule has 0 fully saturated rings. The Kier molecular flexibility index (Phi) is 4.17. The van der Waals surface area contributed by atoms with E-state index in [0.29, 0.717) is 5.96 Å². The SMILES string of the molecule is CN=C(N)Nc1ccc(OC(C)C)c(C)c1. The van der Waals surface area contributed by atoms with Crippen molar-refractivity contribution >= 4 is 11.6 Å². The zero-order valence-electron chi connectivity index (χ0n) is 10.2. The van der Waals surface area contributed by atoms with E-state index >= 15 is 0 Å². The molecule has 1 aromatic rings. The van der Waals surface area contributed by atoms with Gasteiger partial charge in [0, 0.05) is 12.7 Å². The lowest BCUT2D eigenvalue weighted by Gasteiger charge is -2.13. The lowest BCUT2D eigenvalue weighted by molar-refractivity contribution is 0.241. The highest BCUT2D eigenvalue weighted by molar-refractivity contribution is 5.92. The Hall–Kier alpha value is -1.71. The fourth-order valence-electron chi connectivity index (χ4n) is 1.32. The Bertz CT molecular complexity index is 386. The summed E-state index contributed by atoms with van der Waals surface area (Å²) in [5.41, 5.74) is 7.57. The van der Waals surface area contributed by atoms with Gasteiger partial charge in [-0.05, 0) is 44.5 Å². The molecule has 1 rings (SSSR count). The summed E-state index contributed by atoms with van der Waals surface area (Å²) < 4.78 is 5.64. The molecule has 4 nitrogen and oxygen atoms in total. The molecule has 3 N–H and O–H groups in total. The molecule has 0 unspecified atom stereocenters. The molecule has 0 aliphatic rings. The quantitative estimate of drug-likeness (QED) is 0.607. The van der Waals surface area contributed by atoms with E-state index in [0.717, 1.165) is 17.0 Å². The van der Waals surface area contributed by atoms with Gasteiger partial charge in [-0.15, -0.1) is 0 Å². The molecular formula is C12H19N3O. The first kappa shape index (κ1) is 12.4. The molecule has 0 atom stereocenters. The van der Waals surface area contributed by atoms with Crippen LogP contribution in [-0.2, 0) is 0 Å². The van der Waals surface area contributed by atoms with Gasteiger partial charge in [0.05, 0.1) is 6.10 Å². The number of hydrogen-bond donors (Lipinski definition) is 2. The largest absolute Gasteiger partial charge is 0.491 e. The number of guanidine groups is 1. The third-order valence-electron chi connectivity index (χ3n) is 2.05. The Balaban J connectivity index is 2.82.